The van der Waals surface area contributed by atoms with Gasteiger partial charge in [-0.3, -0.25) is 0 Å². The van der Waals surface area contributed by atoms with Gasteiger partial charge < -0.3 is 0 Å². The maximum absolute atomic E-state index is 4.46. The molecular weight excluding hydrogens is 276 g/mol. The zero-order valence-electron chi connectivity index (χ0n) is 15.0. The Morgan fingerprint density at radius 2 is 2.00 bits per heavy atom. The molecule has 120 valence electrons. The van der Waals surface area contributed by atoms with Gasteiger partial charge in [0.15, 0.2) is 0 Å². The molecule has 23 heavy (non-hydrogen) atoms. The van der Waals surface area contributed by atoms with Crippen molar-refractivity contribution in [3.8, 4) is 0 Å². The summed E-state index contributed by atoms with van der Waals surface area (Å²) >= 11 is 0. The molecule has 0 N–H and O–H groups in total. The third-order valence-corrected chi connectivity index (χ3v) is 5.18. The third kappa shape index (κ3) is 2.87. The molecule has 0 amide bonds. The van der Waals surface area contributed by atoms with Crippen LogP contribution in [0.5, 0.6) is 0 Å². The lowest BCUT2D eigenvalue weighted by Crippen LogP contribution is -2.12. The van der Waals surface area contributed by atoms with E-state index in [0.717, 1.165) is 19.3 Å². The van der Waals surface area contributed by atoms with Crippen molar-refractivity contribution in [2.75, 3.05) is 0 Å². The van der Waals surface area contributed by atoms with Gasteiger partial charge in [-0.05, 0) is 83.1 Å². The second-order valence-electron chi connectivity index (χ2n) is 7.21. The van der Waals surface area contributed by atoms with Crippen LogP contribution in [0.15, 0.2) is 48.1 Å². The highest BCUT2D eigenvalue weighted by atomic mass is 14.3. The Bertz CT molecular complexity index is 736. The summed E-state index contributed by atoms with van der Waals surface area (Å²) in [6.45, 7) is 13.7. The molecule has 0 aromatic heterocycles. The number of hydrogen-bond acceptors (Lipinski definition) is 0. The van der Waals surface area contributed by atoms with Crippen LogP contribution in [0.2, 0.25) is 0 Å². The maximum atomic E-state index is 4.46. The lowest BCUT2D eigenvalue weighted by Gasteiger charge is -2.26. The minimum Gasteiger partial charge on any atom is -0.0905 e. The summed E-state index contributed by atoms with van der Waals surface area (Å²) in [6.07, 6.45) is 13.5. The average molecular weight is 304 g/mol. The predicted molar refractivity (Wildman–Crippen MR) is 102 cm³/mol. The van der Waals surface area contributed by atoms with Crippen molar-refractivity contribution in [1.29, 1.82) is 0 Å². The molecule has 1 aromatic rings. The summed E-state index contributed by atoms with van der Waals surface area (Å²) in [5, 5.41) is 0. The lowest BCUT2D eigenvalue weighted by molar-refractivity contribution is 0.640. The fourth-order valence-corrected chi connectivity index (χ4v) is 3.93. The summed E-state index contributed by atoms with van der Waals surface area (Å²) in [5.74, 6) is 0.684. The molecule has 2 aliphatic carbocycles. The molecular formula is C23H28. The first-order chi connectivity index (χ1) is 11.0. The highest BCUT2D eigenvalue weighted by molar-refractivity contribution is 5.87. The highest BCUT2D eigenvalue weighted by Crippen LogP contribution is 2.39. The SMILES string of the molecule is C=C1C(C2=CCC=C2)=CCc2c1cc(CC)c(C)c2CC(C)C. The molecule has 0 fully saturated rings. The van der Waals surface area contributed by atoms with E-state index in [0.29, 0.717) is 5.92 Å². The van der Waals surface area contributed by atoms with Gasteiger partial charge in [-0.2, -0.15) is 0 Å². The summed E-state index contributed by atoms with van der Waals surface area (Å²) in [6, 6.07) is 2.41. The van der Waals surface area contributed by atoms with Gasteiger partial charge >= 0.3 is 0 Å². The molecule has 0 spiro atoms. The van der Waals surface area contributed by atoms with E-state index in [4.69, 9.17) is 0 Å². The van der Waals surface area contributed by atoms with Crippen molar-refractivity contribution in [3.63, 3.8) is 0 Å². The molecule has 1 aromatic carbocycles. The van der Waals surface area contributed by atoms with E-state index in [1.165, 1.54) is 45.4 Å². The monoisotopic (exact) mass is 304 g/mol. The fraction of sp³-hybridized carbons (Fsp3) is 0.391. The Kier molecular flexibility index (Phi) is 4.43. The number of fused-ring (bicyclic) bond motifs is 1. The van der Waals surface area contributed by atoms with Crippen LogP contribution < -0.4 is 0 Å². The van der Waals surface area contributed by atoms with Crippen molar-refractivity contribution in [3.05, 3.63) is 75.9 Å². The minimum absolute atomic E-state index is 0.684. The zero-order valence-corrected chi connectivity index (χ0v) is 15.0. The first kappa shape index (κ1) is 16.1. The Morgan fingerprint density at radius 1 is 1.22 bits per heavy atom. The van der Waals surface area contributed by atoms with Gasteiger partial charge in [0.25, 0.3) is 0 Å². The Balaban J connectivity index is 2.11. The molecule has 0 aliphatic heterocycles. The summed E-state index contributed by atoms with van der Waals surface area (Å²) < 4.78 is 0. The predicted octanol–water partition coefficient (Wildman–Crippen LogP) is 6.14. The first-order valence-corrected chi connectivity index (χ1v) is 8.94. The lowest BCUT2D eigenvalue weighted by atomic mass is 9.78. The molecule has 0 saturated heterocycles. The van der Waals surface area contributed by atoms with Crippen LogP contribution in [-0.2, 0) is 19.3 Å². The summed E-state index contributed by atoms with van der Waals surface area (Å²) in [7, 11) is 0. The second kappa shape index (κ2) is 6.35. The molecule has 0 heteroatoms. The van der Waals surface area contributed by atoms with Crippen molar-refractivity contribution in [2.24, 2.45) is 5.92 Å². The normalized spacial score (nSPS) is 16.7. The van der Waals surface area contributed by atoms with Gasteiger partial charge in [-0.25, -0.2) is 0 Å². The standard InChI is InChI=1S/C23H28/c1-6-18-14-23-17(5)20(19-9-7-8-10-19)11-12-21(23)22(16(18)4)13-15(2)3/h7,9-11,14-15H,5-6,8,12-13H2,1-4H3. The molecule has 0 heterocycles. The molecule has 2 aliphatic rings. The van der Waals surface area contributed by atoms with Gasteiger partial charge in [0.2, 0.25) is 0 Å². The van der Waals surface area contributed by atoms with E-state index in [9.17, 15) is 0 Å². The van der Waals surface area contributed by atoms with Crippen LogP contribution in [0.4, 0.5) is 0 Å². The van der Waals surface area contributed by atoms with E-state index >= 15 is 0 Å². The van der Waals surface area contributed by atoms with Crippen LogP contribution in [0.25, 0.3) is 5.57 Å². The van der Waals surface area contributed by atoms with Gasteiger partial charge in [-0.15, -0.1) is 0 Å². The molecule has 0 unspecified atom stereocenters. The Labute approximate surface area is 141 Å². The molecule has 3 rings (SSSR count). The van der Waals surface area contributed by atoms with Gasteiger partial charge in [0, 0.05) is 0 Å². The molecule has 0 nitrogen and oxygen atoms in total. The molecule has 0 bridgehead atoms. The van der Waals surface area contributed by atoms with Crippen molar-refractivity contribution >= 4 is 5.57 Å². The van der Waals surface area contributed by atoms with E-state index in [1.54, 1.807) is 5.56 Å². The number of rotatable bonds is 4. The van der Waals surface area contributed by atoms with E-state index < -0.39 is 0 Å². The number of hydrogen-bond donors (Lipinski definition) is 0. The van der Waals surface area contributed by atoms with Crippen LogP contribution >= 0.6 is 0 Å². The first-order valence-electron chi connectivity index (χ1n) is 8.94. The van der Waals surface area contributed by atoms with Crippen LogP contribution in [0.3, 0.4) is 0 Å². The average Bonchev–Trinajstić information content (AvgIpc) is 3.04. The highest BCUT2D eigenvalue weighted by Gasteiger charge is 2.23. The molecule has 0 saturated carbocycles. The van der Waals surface area contributed by atoms with Crippen LogP contribution in [0.1, 0.15) is 55.0 Å². The van der Waals surface area contributed by atoms with E-state index in [2.05, 4.69) is 64.6 Å². The summed E-state index contributed by atoms with van der Waals surface area (Å²) in [5.41, 5.74) is 11.4. The zero-order chi connectivity index (χ0) is 16.6. The van der Waals surface area contributed by atoms with Gasteiger partial charge in [0.1, 0.15) is 0 Å². The largest absolute Gasteiger partial charge is 0.0905 e. The van der Waals surface area contributed by atoms with Crippen molar-refractivity contribution in [2.45, 2.75) is 53.4 Å². The van der Waals surface area contributed by atoms with Crippen molar-refractivity contribution < 1.29 is 0 Å². The minimum atomic E-state index is 0.684. The van der Waals surface area contributed by atoms with Crippen LogP contribution in [0, 0.1) is 12.8 Å². The summed E-state index contributed by atoms with van der Waals surface area (Å²) in [4.78, 5) is 0. The third-order valence-electron chi connectivity index (χ3n) is 5.18. The molecule has 0 atom stereocenters. The van der Waals surface area contributed by atoms with E-state index in [-0.39, 0.29) is 0 Å². The second-order valence-corrected chi connectivity index (χ2v) is 7.21. The van der Waals surface area contributed by atoms with E-state index in [1.807, 2.05) is 0 Å². The quantitative estimate of drug-likeness (QED) is 0.627. The Hall–Kier alpha value is -1.82. The van der Waals surface area contributed by atoms with Gasteiger partial charge in [0.05, 0.1) is 0 Å². The smallest absolute Gasteiger partial charge is 0.00790 e. The van der Waals surface area contributed by atoms with Gasteiger partial charge in [-0.1, -0.05) is 57.7 Å². The number of benzene rings is 1. The van der Waals surface area contributed by atoms with Crippen molar-refractivity contribution in [1.82, 2.24) is 0 Å². The fourth-order valence-electron chi connectivity index (χ4n) is 3.93. The number of allylic oxidation sites excluding steroid dienone is 7. The maximum Gasteiger partial charge on any atom is -0.00790 e. The number of aryl methyl sites for hydroxylation is 1. The molecule has 0 radical (unpaired) electrons. The topological polar surface area (TPSA) is 0 Å². The Morgan fingerprint density at radius 3 is 2.61 bits per heavy atom. The van der Waals surface area contributed by atoms with Crippen LogP contribution in [-0.4, -0.2) is 0 Å².